The predicted molar refractivity (Wildman–Crippen MR) is 131 cm³/mol. The van der Waals surface area contributed by atoms with Crippen molar-refractivity contribution in [2.75, 3.05) is 30.1 Å². The topological polar surface area (TPSA) is 102 Å². The lowest BCUT2D eigenvalue weighted by Gasteiger charge is -2.27. The highest BCUT2D eigenvalue weighted by Crippen LogP contribution is 2.35. The summed E-state index contributed by atoms with van der Waals surface area (Å²) in [7, 11) is 1.63. The van der Waals surface area contributed by atoms with E-state index in [9.17, 15) is 9.59 Å². The van der Waals surface area contributed by atoms with Gasteiger partial charge in [-0.3, -0.25) is 9.59 Å². The van der Waals surface area contributed by atoms with Gasteiger partial charge in [-0.25, -0.2) is 9.97 Å². The van der Waals surface area contributed by atoms with E-state index in [0.29, 0.717) is 29.8 Å². The van der Waals surface area contributed by atoms with Gasteiger partial charge in [0.1, 0.15) is 12.1 Å². The maximum Gasteiger partial charge on any atom is 0.234 e. The van der Waals surface area contributed by atoms with Gasteiger partial charge in [0.25, 0.3) is 0 Å². The van der Waals surface area contributed by atoms with E-state index in [1.54, 1.807) is 7.11 Å². The first kappa shape index (κ1) is 22.5. The van der Waals surface area contributed by atoms with Crippen LogP contribution in [-0.4, -0.2) is 41.3 Å². The quantitative estimate of drug-likeness (QED) is 0.537. The average molecular weight is 479 g/mol. The van der Waals surface area contributed by atoms with Crippen LogP contribution in [0.15, 0.2) is 47.6 Å². The van der Waals surface area contributed by atoms with Crippen LogP contribution < -0.4 is 20.1 Å². The fraction of sp³-hybridized carbons (Fsp3) is 0.360. The molecule has 0 saturated heterocycles. The zero-order valence-electron chi connectivity index (χ0n) is 18.9. The van der Waals surface area contributed by atoms with Crippen molar-refractivity contribution in [3.05, 3.63) is 42.7 Å². The summed E-state index contributed by atoms with van der Waals surface area (Å²) in [6, 6.07) is 11.3. The van der Waals surface area contributed by atoms with E-state index in [0.717, 1.165) is 52.9 Å². The predicted octanol–water partition coefficient (Wildman–Crippen LogP) is 4.51. The van der Waals surface area contributed by atoms with E-state index >= 15 is 0 Å². The molecule has 1 saturated carbocycles. The van der Waals surface area contributed by atoms with Gasteiger partial charge in [-0.2, -0.15) is 0 Å². The summed E-state index contributed by atoms with van der Waals surface area (Å²) in [6.07, 6.45) is 4.98. The molecule has 0 unspecified atom stereocenters. The summed E-state index contributed by atoms with van der Waals surface area (Å²) in [4.78, 5) is 34.1. The Hall–Kier alpha value is -3.33. The minimum Gasteiger partial charge on any atom is -0.497 e. The number of carbonyl (C=O) groups excluding carboxylic acids is 2. The normalized spacial score (nSPS) is 19.7. The number of benzene rings is 2. The summed E-state index contributed by atoms with van der Waals surface area (Å²) >= 11 is 1.51. The molecule has 2 aromatic carbocycles. The third-order valence-electron chi connectivity index (χ3n) is 6.36. The third-order valence-corrected chi connectivity index (χ3v) is 7.43. The lowest BCUT2D eigenvalue weighted by atomic mass is 9.82. The van der Waals surface area contributed by atoms with E-state index < -0.39 is 0 Å². The maximum absolute atomic E-state index is 12.8. The van der Waals surface area contributed by atoms with Gasteiger partial charge in [0, 0.05) is 16.5 Å². The number of anilines is 2. The molecular formula is C25H26N4O4S. The molecule has 176 valence electrons. The summed E-state index contributed by atoms with van der Waals surface area (Å²) in [6.45, 7) is 0.555. The van der Waals surface area contributed by atoms with Crippen LogP contribution in [0.4, 0.5) is 11.4 Å². The number of nitrogens with one attached hydrogen (secondary N) is 2. The van der Waals surface area contributed by atoms with Crippen molar-refractivity contribution in [3.63, 3.8) is 0 Å². The zero-order chi connectivity index (χ0) is 23.5. The molecule has 34 heavy (non-hydrogen) atoms. The van der Waals surface area contributed by atoms with Gasteiger partial charge in [0.05, 0.1) is 36.1 Å². The first-order valence-electron chi connectivity index (χ1n) is 11.4. The van der Waals surface area contributed by atoms with Crippen LogP contribution >= 0.6 is 11.8 Å². The van der Waals surface area contributed by atoms with Crippen LogP contribution in [0.2, 0.25) is 0 Å². The van der Waals surface area contributed by atoms with E-state index in [1.807, 2.05) is 36.4 Å². The Bertz CT molecular complexity index is 1230. The Kier molecular flexibility index (Phi) is 6.53. The summed E-state index contributed by atoms with van der Waals surface area (Å²) in [5.41, 5.74) is 2.28. The number of fused-ring (bicyclic) bond motifs is 2. The molecule has 2 amide bonds. The number of rotatable bonds is 6. The number of hydrogen-bond acceptors (Lipinski definition) is 7. The second kappa shape index (κ2) is 9.89. The van der Waals surface area contributed by atoms with Crippen molar-refractivity contribution in [2.24, 2.45) is 11.8 Å². The molecule has 1 aliphatic carbocycles. The number of hydrogen-bond donors (Lipinski definition) is 2. The Morgan fingerprint density at radius 1 is 1.15 bits per heavy atom. The monoisotopic (exact) mass is 478 g/mol. The summed E-state index contributed by atoms with van der Waals surface area (Å²) < 4.78 is 11.4. The van der Waals surface area contributed by atoms with Crippen LogP contribution in [0.3, 0.4) is 0 Å². The second-order valence-corrected chi connectivity index (χ2v) is 9.64. The Morgan fingerprint density at radius 3 is 2.82 bits per heavy atom. The van der Waals surface area contributed by atoms with Crippen molar-refractivity contribution < 1.29 is 19.1 Å². The number of thioether (sulfide) groups is 1. The Balaban J connectivity index is 1.14. The number of carbonyl (C=O) groups is 2. The number of ether oxygens (including phenoxy) is 2. The highest BCUT2D eigenvalue weighted by Gasteiger charge is 2.27. The first-order chi connectivity index (χ1) is 16.6. The first-order valence-corrected chi connectivity index (χ1v) is 12.4. The van der Waals surface area contributed by atoms with Crippen LogP contribution in [0.5, 0.6) is 11.6 Å². The average Bonchev–Trinajstić information content (AvgIpc) is 2.87. The second-order valence-electron chi connectivity index (χ2n) is 8.63. The minimum absolute atomic E-state index is 0.0179. The van der Waals surface area contributed by atoms with Gasteiger partial charge in [0.2, 0.25) is 17.7 Å². The van der Waals surface area contributed by atoms with Gasteiger partial charge in [0.15, 0.2) is 0 Å². The molecule has 8 nitrogen and oxygen atoms in total. The Labute approximate surface area is 201 Å². The molecule has 2 heterocycles. The number of amides is 2. The van der Waals surface area contributed by atoms with Crippen LogP contribution in [-0.2, 0) is 9.59 Å². The van der Waals surface area contributed by atoms with Crippen LogP contribution in [0, 0.1) is 11.8 Å². The SMILES string of the molecule is COc1ccc2ncnc(OCC3CCC(C(=O)Nc4ccc5c(c4)NC(=O)CS5)CC3)c2c1. The van der Waals surface area contributed by atoms with Gasteiger partial charge in [-0.1, -0.05) is 0 Å². The van der Waals surface area contributed by atoms with E-state index in [-0.39, 0.29) is 17.7 Å². The standard InChI is InChI=1S/C25H26N4O4S/c1-32-18-7-8-20-19(11-18)25(27-14-26-20)33-12-15-2-4-16(5-3-15)24(31)28-17-6-9-22-21(10-17)29-23(30)13-34-22/h6-11,14-16H,2-5,12-13H2,1H3,(H,28,31)(H,29,30). The molecule has 5 rings (SSSR count). The lowest BCUT2D eigenvalue weighted by Crippen LogP contribution is -2.29. The fourth-order valence-electron chi connectivity index (χ4n) is 4.45. The van der Waals surface area contributed by atoms with Crippen molar-refractivity contribution in [1.82, 2.24) is 9.97 Å². The highest BCUT2D eigenvalue weighted by atomic mass is 32.2. The van der Waals surface area contributed by atoms with Gasteiger partial charge >= 0.3 is 0 Å². The molecule has 0 radical (unpaired) electrons. The molecule has 1 aliphatic heterocycles. The molecule has 1 aromatic heterocycles. The van der Waals surface area contributed by atoms with Crippen LogP contribution in [0.1, 0.15) is 25.7 Å². The van der Waals surface area contributed by atoms with E-state index in [4.69, 9.17) is 9.47 Å². The van der Waals surface area contributed by atoms with Crippen molar-refractivity contribution in [3.8, 4) is 11.6 Å². The highest BCUT2D eigenvalue weighted by molar-refractivity contribution is 8.00. The van der Waals surface area contributed by atoms with Crippen molar-refractivity contribution >= 4 is 45.9 Å². The lowest BCUT2D eigenvalue weighted by molar-refractivity contribution is -0.121. The van der Waals surface area contributed by atoms with E-state index in [2.05, 4.69) is 20.6 Å². The molecule has 3 aromatic rings. The van der Waals surface area contributed by atoms with Gasteiger partial charge in [-0.05, 0) is 68.0 Å². The van der Waals surface area contributed by atoms with Crippen molar-refractivity contribution in [1.29, 1.82) is 0 Å². The summed E-state index contributed by atoms with van der Waals surface area (Å²) in [5.74, 6) is 2.07. The van der Waals surface area contributed by atoms with Gasteiger partial charge in [-0.15, -0.1) is 11.8 Å². The van der Waals surface area contributed by atoms with Crippen LogP contribution in [0.25, 0.3) is 10.9 Å². The molecule has 1 fully saturated rings. The molecule has 0 bridgehead atoms. The maximum atomic E-state index is 12.8. The molecule has 2 aliphatic rings. The van der Waals surface area contributed by atoms with E-state index in [1.165, 1.54) is 18.1 Å². The molecule has 0 spiro atoms. The molecule has 9 heteroatoms. The minimum atomic E-state index is -0.0274. The molecule has 2 N–H and O–H groups in total. The molecule has 0 atom stereocenters. The fourth-order valence-corrected chi connectivity index (χ4v) is 5.24. The largest absolute Gasteiger partial charge is 0.497 e. The number of nitrogens with zero attached hydrogens (tertiary/aromatic N) is 2. The third kappa shape index (κ3) is 4.94. The number of aromatic nitrogens is 2. The number of methoxy groups -OCH3 is 1. The Morgan fingerprint density at radius 2 is 2.00 bits per heavy atom. The molecular weight excluding hydrogens is 452 g/mol. The smallest absolute Gasteiger partial charge is 0.234 e. The van der Waals surface area contributed by atoms with Crippen molar-refractivity contribution in [2.45, 2.75) is 30.6 Å². The summed E-state index contributed by atoms with van der Waals surface area (Å²) in [5, 5.41) is 6.71. The van der Waals surface area contributed by atoms with Gasteiger partial charge < -0.3 is 20.1 Å². The zero-order valence-corrected chi connectivity index (χ0v) is 19.7.